The molecule has 1 aliphatic heterocycles. The third kappa shape index (κ3) is 3.65. The molecule has 1 aliphatic rings. The van der Waals surface area contributed by atoms with Crippen LogP contribution in [0.4, 0.5) is 30.4 Å². The number of nitrogens with one attached hydrogen (secondary N) is 1. The molecule has 0 amide bonds. The van der Waals surface area contributed by atoms with Gasteiger partial charge in [-0.3, -0.25) is 0 Å². The molecule has 3 N–H and O–H groups in total. The molecule has 0 saturated heterocycles. The van der Waals surface area contributed by atoms with Gasteiger partial charge in [0.25, 0.3) is 0 Å². The number of anilines is 3. The van der Waals surface area contributed by atoms with Crippen molar-refractivity contribution >= 4 is 39.3 Å². The van der Waals surface area contributed by atoms with Gasteiger partial charge in [0.2, 0.25) is 5.82 Å². The van der Waals surface area contributed by atoms with Crippen molar-refractivity contribution in [3.05, 3.63) is 58.4 Å². The Morgan fingerprint density at radius 3 is 2.84 bits per heavy atom. The summed E-state index contributed by atoms with van der Waals surface area (Å²) < 4.78 is 40.2. The molecular formula is C20H18F3N7S. The summed E-state index contributed by atoms with van der Waals surface area (Å²) in [7, 11) is 0. The van der Waals surface area contributed by atoms with Crippen LogP contribution in [0.2, 0.25) is 0 Å². The first-order chi connectivity index (χ1) is 14.9. The van der Waals surface area contributed by atoms with Crippen molar-refractivity contribution in [3.63, 3.8) is 0 Å². The normalized spacial score (nSPS) is 14.1. The monoisotopic (exact) mass is 445 g/mol. The van der Waals surface area contributed by atoms with E-state index in [4.69, 9.17) is 5.73 Å². The molecule has 0 unspecified atom stereocenters. The predicted molar refractivity (Wildman–Crippen MR) is 114 cm³/mol. The van der Waals surface area contributed by atoms with E-state index in [-0.39, 0.29) is 6.54 Å². The summed E-state index contributed by atoms with van der Waals surface area (Å²) in [5.74, 6) is -0.110. The summed E-state index contributed by atoms with van der Waals surface area (Å²) in [4.78, 5) is 7.26. The maximum absolute atomic E-state index is 13.0. The van der Waals surface area contributed by atoms with Crippen molar-refractivity contribution in [2.45, 2.75) is 25.8 Å². The van der Waals surface area contributed by atoms with Crippen molar-refractivity contribution in [1.29, 1.82) is 0 Å². The molecular weight excluding hydrogens is 427 g/mol. The second-order valence-corrected chi connectivity index (χ2v) is 8.23. The van der Waals surface area contributed by atoms with E-state index in [2.05, 4.69) is 26.6 Å². The number of aromatic nitrogens is 4. The van der Waals surface area contributed by atoms with Crippen LogP contribution in [0.25, 0.3) is 10.8 Å². The van der Waals surface area contributed by atoms with Gasteiger partial charge in [0, 0.05) is 58.2 Å². The topological polar surface area (TPSA) is 84.9 Å². The Balaban J connectivity index is 1.29. The van der Waals surface area contributed by atoms with E-state index < -0.39 is 12.0 Å². The van der Waals surface area contributed by atoms with Gasteiger partial charge in [-0.25, -0.2) is 4.98 Å². The van der Waals surface area contributed by atoms with E-state index in [0.717, 1.165) is 31.6 Å². The lowest BCUT2D eigenvalue weighted by Gasteiger charge is -2.28. The summed E-state index contributed by atoms with van der Waals surface area (Å²) in [6.45, 7) is 1.58. The molecule has 0 spiro atoms. The fourth-order valence-electron chi connectivity index (χ4n) is 3.78. The average Bonchev–Trinajstić information content (AvgIpc) is 3.39. The second-order valence-electron chi connectivity index (χ2n) is 7.23. The number of fused-ring (bicyclic) bond motifs is 2. The SMILES string of the molecule is Nc1nccc2c(NCc3cc(N4CCn5c(nnc5C(F)(F)F)C4)cs3)cccc12. The zero-order valence-corrected chi connectivity index (χ0v) is 17.0. The van der Waals surface area contributed by atoms with Crippen LogP contribution in [0.15, 0.2) is 41.9 Å². The third-order valence-corrected chi connectivity index (χ3v) is 6.23. The fourth-order valence-corrected chi connectivity index (χ4v) is 4.62. The zero-order chi connectivity index (χ0) is 21.6. The Bertz CT molecular complexity index is 1250. The van der Waals surface area contributed by atoms with Crippen LogP contribution in [0.1, 0.15) is 16.5 Å². The van der Waals surface area contributed by atoms with Gasteiger partial charge in [0.05, 0.1) is 6.54 Å². The molecule has 1 aromatic carbocycles. The molecule has 4 heterocycles. The van der Waals surface area contributed by atoms with Crippen LogP contribution in [0, 0.1) is 0 Å². The number of pyridine rings is 1. The minimum absolute atomic E-state index is 0.200. The van der Waals surface area contributed by atoms with Crippen LogP contribution >= 0.6 is 11.3 Å². The molecule has 0 saturated carbocycles. The highest BCUT2D eigenvalue weighted by molar-refractivity contribution is 7.10. The summed E-state index contributed by atoms with van der Waals surface area (Å²) in [5.41, 5.74) is 7.90. The highest BCUT2D eigenvalue weighted by Gasteiger charge is 2.39. The highest BCUT2D eigenvalue weighted by Crippen LogP contribution is 2.32. The quantitative estimate of drug-likeness (QED) is 0.492. The Hall–Kier alpha value is -3.34. The van der Waals surface area contributed by atoms with Crippen LogP contribution in [0.3, 0.4) is 0 Å². The number of nitrogens with zero attached hydrogens (tertiary/aromatic N) is 5. The van der Waals surface area contributed by atoms with E-state index in [1.165, 1.54) is 0 Å². The number of hydrogen-bond acceptors (Lipinski definition) is 7. The van der Waals surface area contributed by atoms with Crippen molar-refractivity contribution in [1.82, 2.24) is 19.7 Å². The fraction of sp³-hybridized carbons (Fsp3) is 0.250. The Labute approximate surface area is 179 Å². The van der Waals surface area contributed by atoms with Crippen LogP contribution in [-0.4, -0.2) is 26.3 Å². The smallest absolute Gasteiger partial charge is 0.383 e. The van der Waals surface area contributed by atoms with E-state index >= 15 is 0 Å². The number of halogens is 3. The minimum atomic E-state index is -4.49. The molecule has 0 fully saturated rings. The largest absolute Gasteiger partial charge is 0.451 e. The van der Waals surface area contributed by atoms with Crippen LogP contribution in [0.5, 0.6) is 0 Å². The molecule has 3 aromatic heterocycles. The van der Waals surface area contributed by atoms with Crippen molar-refractivity contribution in [2.24, 2.45) is 0 Å². The van der Waals surface area contributed by atoms with Crippen LogP contribution < -0.4 is 16.0 Å². The van der Waals surface area contributed by atoms with Crippen molar-refractivity contribution in [2.75, 3.05) is 22.5 Å². The van der Waals surface area contributed by atoms with E-state index in [1.54, 1.807) is 17.5 Å². The molecule has 4 aromatic rings. The number of alkyl halides is 3. The Kier molecular flexibility index (Phi) is 4.69. The maximum atomic E-state index is 13.0. The van der Waals surface area contributed by atoms with Gasteiger partial charge in [0.15, 0.2) is 5.82 Å². The van der Waals surface area contributed by atoms with E-state index in [0.29, 0.717) is 31.3 Å². The molecule has 0 bridgehead atoms. The van der Waals surface area contributed by atoms with E-state index in [9.17, 15) is 13.2 Å². The van der Waals surface area contributed by atoms with Gasteiger partial charge in [-0.05, 0) is 18.2 Å². The summed E-state index contributed by atoms with van der Waals surface area (Å²) >= 11 is 1.60. The minimum Gasteiger partial charge on any atom is -0.383 e. The first kappa shape index (κ1) is 19.6. The molecule has 0 atom stereocenters. The lowest BCUT2D eigenvalue weighted by Crippen LogP contribution is -2.35. The first-order valence-corrected chi connectivity index (χ1v) is 10.5. The highest BCUT2D eigenvalue weighted by atomic mass is 32.1. The van der Waals surface area contributed by atoms with Gasteiger partial charge in [0.1, 0.15) is 5.82 Å². The summed E-state index contributed by atoms with van der Waals surface area (Å²) in [6, 6.07) is 9.83. The lowest BCUT2D eigenvalue weighted by atomic mass is 10.1. The summed E-state index contributed by atoms with van der Waals surface area (Å²) in [5, 5.41) is 14.4. The lowest BCUT2D eigenvalue weighted by molar-refractivity contribution is -0.147. The molecule has 11 heteroatoms. The second kappa shape index (κ2) is 7.41. The van der Waals surface area contributed by atoms with Crippen molar-refractivity contribution < 1.29 is 13.2 Å². The number of nitrogens with two attached hydrogens (primary N) is 1. The standard InChI is InChI=1S/C20H18F3N7S/c21-20(22,23)19-28-27-17-10-29(6-7-30(17)19)12-8-13(31-11-12)9-26-16-3-1-2-15-14(16)4-5-25-18(15)24/h1-5,8,11,26H,6-7,9-10H2,(H2,24,25). The predicted octanol–water partition coefficient (Wildman–Crippen LogP) is 4.12. The Morgan fingerprint density at radius 2 is 2.00 bits per heavy atom. The number of benzene rings is 1. The molecule has 5 rings (SSSR count). The summed E-state index contributed by atoms with van der Waals surface area (Å²) in [6.07, 6.45) is -2.80. The van der Waals surface area contributed by atoms with Crippen molar-refractivity contribution in [3.8, 4) is 0 Å². The Morgan fingerprint density at radius 1 is 1.13 bits per heavy atom. The number of rotatable bonds is 4. The van der Waals surface area contributed by atoms with Gasteiger partial charge in [-0.1, -0.05) is 12.1 Å². The van der Waals surface area contributed by atoms with Gasteiger partial charge in [-0.15, -0.1) is 21.5 Å². The molecule has 31 heavy (non-hydrogen) atoms. The molecule has 160 valence electrons. The molecule has 7 nitrogen and oxygen atoms in total. The molecule has 0 aliphatic carbocycles. The third-order valence-electron chi connectivity index (χ3n) is 5.30. The number of nitrogen functional groups attached to an aromatic ring is 1. The van der Waals surface area contributed by atoms with E-state index in [1.807, 2.05) is 34.5 Å². The van der Waals surface area contributed by atoms with Gasteiger partial charge < -0.3 is 20.5 Å². The number of hydrogen-bond donors (Lipinski definition) is 2. The zero-order valence-electron chi connectivity index (χ0n) is 16.2. The van der Waals surface area contributed by atoms with Gasteiger partial charge >= 0.3 is 6.18 Å². The molecule has 0 radical (unpaired) electrons. The maximum Gasteiger partial charge on any atom is 0.451 e. The van der Waals surface area contributed by atoms with Gasteiger partial charge in [-0.2, -0.15) is 13.2 Å². The first-order valence-electron chi connectivity index (χ1n) is 9.59. The van der Waals surface area contributed by atoms with Crippen LogP contribution in [-0.2, 0) is 25.8 Å². The number of thiophene rings is 1. The average molecular weight is 445 g/mol.